The molecule has 9 heteroatoms. The molecule has 0 unspecified atom stereocenters. The average molecular weight is 547 g/mol. The number of aliphatic imine (C=N–C) groups is 1. The first-order valence-corrected chi connectivity index (χ1v) is 10.7. The maximum absolute atomic E-state index is 11.4. The van der Waals surface area contributed by atoms with E-state index >= 15 is 0 Å². The largest absolute Gasteiger partial charge is 0.493 e. The van der Waals surface area contributed by atoms with Gasteiger partial charge in [-0.1, -0.05) is 12.1 Å². The number of carbonyl (C=O) groups is 1. The summed E-state index contributed by atoms with van der Waals surface area (Å²) in [6.07, 6.45) is 0.862. The predicted octanol–water partition coefficient (Wildman–Crippen LogP) is 1.86. The number of methoxy groups -OCH3 is 1. The summed E-state index contributed by atoms with van der Waals surface area (Å²) in [6.45, 7) is 10.8. The Morgan fingerprint density at radius 2 is 1.90 bits per heavy atom. The van der Waals surface area contributed by atoms with Crippen molar-refractivity contribution < 1.29 is 14.3 Å². The number of guanidine groups is 1. The minimum Gasteiger partial charge on any atom is -0.493 e. The van der Waals surface area contributed by atoms with Crippen LogP contribution in [-0.4, -0.2) is 88.3 Å². The highest BCUT2D eigenvalue weighted by atomic mass is 127. The molecule has 8 nitrogen and oxygen atoms in total. The van der Waals surface area contributed by atoms with Crippen molar-refractivity contribution in [1.29, 1.82) is 0 Å². The summed E-state index contributed by atoms with van der Waals surface area (Å²) in [5.74, 6) is 1.83. The van der Waals surface area contributed by atoms with Crippen molar-refractivity contribution >= 4 is 35.8 Å². The maximum Gasteiger partial charge on any atom is 0.219 e. The molecule has 1 saturated heterocycles. The van der Waals surface area contributed by atoms with Crippen LogP contribution in [0.25, 0.3) is 0 Å². The van der Waals surface area contributed by atoms with Gasteiger partial charge in [0.2, 0.25) is 5.91 Å². The number of hydrogen-bond donors (Lipinski definition) is 2. The molecule has 0 spiro atoms. The van der Waals surface area contributed by atoms with E-state index in [-0.39, 0.29) is 29.9 Å². The lowest BCUT2D eigenvalue weighted by molar-refractivity contribution is -0.130. The highest BCUT2D eigenvalue weighted by molar-refractivity contribution is 14.0. The van der Waals surface area contributed by atoms with E-state index < -0.39 is 0 Å². The summed E-state index contributed by atoms with van der Waals surface area (Å²) in [5, 5.41) is 6.74. The normalized spacial score (nSPS) is 14.7. The number of benzene rings is 1. The monoisotopic (exact) mass is 547 g/mol. The van der Waals surface area contributed by atoms with Crippen molar-refractivity contribution in [3.63, 3.8) is 0 Å². The molecular formula is C22H38IN5O3. The van der Waals surface area contributed by atoms with E-state index in [2.05, 4.69) is 45.6 Å². The van der Waals surface area contributed by atoms with Crippen LogP contribution in [0.4, 0.5) is 0 Å². The molecule has 176 valence electrons. The molecule has 0 bridgehead atoms. The van der Waals surface area contributed by atoms with Gasteiger partial charge in [0.15, 0.2) is 5.96 Å². The number of halogens is 1. The molecule has 1 fully saturated rings. The quantitative estimate of drug-likeness (QED) is 0.202. The predicted molar refractivity (Wildman–Crippen MR) is 135 cm³/mol. The SMILES string of the molecule is CN=C(NCCN1CCN(C(C)=O)CC1)NCc1ccc(C)cc1OCCCOC.I. The Bertz CT molecular complexity index is 694. The smallest absolute Gasteiger partial charge is 0.219 e. The van der Waals surface area contributed by atoms with Crippen LogP contribution in [0.5, 0.6) is 5.75 Å². The Hall–Kier alpha value is -1.59. The lowest BCUT2D eigenvalue weighted by atomic mass is 10.1. The van der Waals surface area contributed by atoms with Crippen molar-refractivity contribution in [2.75, 3.05) is 66.6 Å². The Morgan fingerprint density at radius 1 is 1.16 bits per heavy atom. The molecule has 1 heterocycles. The van der Waals surface area contributed by atoms with Crippen LogP contribution in [0.2, 0.25) is 0 Å². The lowest BCUT2D eigenvalue weighted by Gasteiger charge is -2.34. The molecular weight excluding hydrogens is 509 g/mol. The zero-order valence-corrected chi connectivity index (χ0v) is 21.6. The Morgan fingerprint density at radius 3 is 2.55 bits per heavy atom. The van der Waals surface area contributed by atoms with E-state index in [9.17, 15) is 4.79 Å². The van der Waals surface area contributed by atoms with E-state index in [1.165, 1.54) is 5.56 Å². The fourth-order valence-electron chi connectivity index (χ4n) is 3.35. The van der Waals surface area contributed by atoms with Crippen LogP contribution in [0, 0.1) is 6.92 Å². The van der Waals surface area contributed by atoms with Gasteiger partial charge in [0.05, 0.1) is 6.61 Å². The molecule has 0 radical (unpaired) electrons. The van der Waals surface area contributed by atoms with Gasteiger partial charge in [0.25, 0.3) is 0 Å². The molecule has 2 rings (SSSR count). The van der Waals surface area contributed by atoms with Gasteiger partial charge in [0.1, 0.15) is 5.75 Å². The van der Waals surface area contributed by atoms with Gasteiger partial charge in [0, 0.05) is 85.5 Å². The van der Waals surface area contributed by atoms with Crippen molar-refractivity contribution in [2.24, 2.45) is 4.99 Å². The molecule has 31 heavy (non-hydrogen) atoms. The highest BCUT2D eigenvalue weighted by Gasteiger charge is 2.18. The Kier molecular flexibility index (Phi) is 13.5. The first kappa shape index (κ1) is 27.4. The van der Waals surface area contributed by atoms with Crippen LogP contribution in [-0.2, 0) is 16.1 Å². The van der Waals surface area contributed by atoms with Crippen LogP contribution < -0.4 is 15.4 Å². The van der Waals surface area contributed by atoms with E-state index in [1.54, 1.807) is 21.1 Å². The molecule has 0 aromatic heterocycles. The minimum atomic E-state index is 0. The number of nitrogens with zero attached hydrogens (tertiary/aromatic N) is 3. The molecule has 1 aliphatic heterocycles. The summed E-state index contributed by atoms with van der Waals surface area (Å²) >= 11 is 0. The van der Waals surface area contributed by atoms with Crippen molar-refractivity contribution in [1.82, 2.24) is 20.4 Å². The molecule has 0 aliphatic carbocycles. The van der Waals surface area contributed by atoms with E-state index in [0.29, 0.717) is 19.8 Å². The molecule has 1 aromatic carbocycles. The number of aryl methyl sites for hydroxylation is 1. The number of piperazine rings is 1. The number of ether oxygens (including phenoxy) is 2. The summed E-state index contributed by atoms with van der Waals surface area (Å²) in [4.78, 5) is 20.0. The zero-order valence-electron chi connectivity index (χ0n) is 19.3. The van der Waals surface area contributed by atoms with Gasteiger partial charge in [-0.2, -0.15) is 0 Å². The third-order valence-electron chi connectivity index (χ3n) is 5.18. The van der Waals surface area contributed by atoms with Gasteiger partial charge in [-0.25, -0.2) is 0 Å². The third-order valence-corrected chi connectivity index (χ3v) is 5.18. The lowest BCUT2D eigenvalue weighted by Crippen LogP contribution is -2.50. The van der Waals surface area contributed by atoms with Gasteiger partial charge < -0.3 is 25.0 Å². The number of hydrogen-bond acceptors (Lipinski definition) is 5. The van der Waals surface area contributed by atoms with Gasteiger partial charge in [-0.15, -0.1) is 24.0 Å². The Labute approximate surface area is 203 Å². The van der Waals surface area contributed by atoms with Crippen molar-refractivity contribution in [3.8, 4) is 5.75 Å². The third kappa shape index (κ3) is 10.0. The summed E-state index contributed by atoms with van der Waals surface area (Å²) in [7, 11) is 3.48. The molecule has 2 N–H and O–H groups in total. The molecule has 0 saturated carbocycles. The minimum absolute atomic E-state index is 0. The molecule has 1 aromatic rings. The second-order valence-corrected chi connectivity index (χ2v) is 7.51. The first-order valence-electron chi connectivity index (χ1n) is 10.7. The number of carbonyl (C=O) groups excluding carboxylic acids is 1. The highest BCUT2D eigenvalue weighted by Crippen LogP contribution is 2.20. The van der Waals surface area contributed by atoms with Gasteiger partial charge in [-0.3, -0.25) is 14.7 Å². The van der Waals surface area contributed by atoms with Crippen molar-refractivity contribution in [2.45, 2.75) is 26.8 Å². The standard InChI is InChI=1S/C22H37N5O3.HI/c1-18-6-7-20(21(16-18)30-15-5-14-29-4)17-25-22(23-3)24-8-9-26-10-12-27(13-11-26)19(2)28;/h6-7,16H,5,8-15,17H2,1-4H3,(H2,23,24,25);1H. The first-order chi connectivity index (χ1) is 14.5. The van der Waals surface area contributed by atoms with Crippen LogP contribution in [0.15, 0.2) is 23.2 Å². The molecule has 1 amide bonds. The topological polar surface area (TPSA) is 78.4 Å². The fourth-order valence-corrected chi connectivity index (χ4v) is 3.35. The zero-order chi connectivity index (χ0) is 21.8. The maximum atomic E-state index is 11.4. The van der Waals surface area contributed by atoms with Gasteiger partial charge in [-0.05, 0) is 18.6 Å². The number of rotatable bonds is 10. The van der Waals surface area contributed by atoms with Crippen LogP contribution in [0.1, 0.15) is 24.5 Å². The molecule has 0 atom stereocenters. The summed E-state index contributed by atoms with van der Waals surface area (Å²) in [6, 6.07) is 6.26. The molecule has 1 aliphatic rings. The van der Waals surface area contributed by atoms with Crippen molar-refractivity contribution in [3.05, 3.63) is 29.3 Å². The van der Waals surface area contributed by atoms with E-state index in [1.807, 2.05) is 4.90 Å². The number of nitrogens with one attached hydrogen (secondary N) is 2. The van der Waals surface area contributed by atoms with E-state index in [0.717, 1.165) is 63.0 Å². The summed E-state index contributed by atoms with van der Waals surface area (Å²) in [5.41, 5.74) is 2.27. The second kappa shape index (κ2) is 15.3. The summed E-state index contributed by atoms with van der Waals surface area (Å²) < 4.78 is 11.0. The van der Waals surface area contributed by atoms with Crippen LogP contribution >= 0.6 is 24.0 Å². The van der Waals surface area contributed by atoms with E-state index in [4.69, 9.17) is 9.47 Å². The Balaban J connectivity index is 0.00000480. The van der Waals surface area contributed by atoms with Gasteiger partial charge >= 0.3 is 0 Å². The average Bonchev–Trinajstić information content (AvgIpc) is 2.75. The van der Waals surface area contributed by atoms with Crippen LogP contribution in [0.3, 0.4) is 0 Å². The number of amides is 1. The fraction of sp³-hybridized carbons (Fsp3) is 0.636. The second-order valence-electron chi connectivity index (χ2n) is 7.51.